The molecule has 1 amide bonds. The first kappa shape index (κ1) is 14.8. The smallest absolute Gasteiger partial charge is 0.406 e. The van der Waals surface area contributed by atoms with Crippen LogP contribution in [-0.4, -0.2) is 12.3 Å². The third kappa shape index (κ3) is 2.44. The van der Waals surface area contributed by atoms with E-state index in [0.29, 0.717) is 5.56 Å². The molecule has 0 aromatic heterocycles. The van der Waals surface area contributed by atoms with Crippen molar-refractivity contribution >= 4 is 12.0 Å². The molecule has 24 heavy (non-hydrogen) atoms. The largest absolute Gasteiger partial charge is 0.573 e. The van der Waals surface area contributed by atoms with E-state index in [-0.39, 0.29) is 17.5 Å². The zero-order valence-electron chi connectivity index (χ0n) is 12.3. The van der Waals surface area contributed by atoms with E-state index in [9.17, 15) is 18.0 Å². The van der Waals surface area contributed by atoms with Gasteiger partial charge in [-0.1, -0.05) is 42.5 Å². The summed E-state index contributed by atoms with van der Waals surface area (Å²) < 4.78 is 41.0. The molecule has 0 spiro atoms. The van der Waals surface area contributed by atoms with E-state index in [2.05, 4.69) is 10.1 Å². The van der Waals surface area contributed by atoms with Gasteiger partial charge in [-0.05, 0) is 28.8 Å². The summed E-state index contributed by atoms with van der Waals surface area (Å²) in [4.78, 5) is 12.4. The van der Waals surface area contributed by atoms with E-state index in [0.717, 1.165) is 17.2 Å². The Morgan fingerprint density at radius 3 is 2.62 bits per heavy atom. The lowest BCUT2D eigenvalue weighted by molar-refractivity contribution is -0.274. The molecule has 1 heterocycles. The molecule has 0 radical (unpaired) electrons. The lowest BCUT2D eigenvalue weighted by atomic mass is 9.76. The number of rotatable bonds is 1. The van der Waals surface area contributed by atoms with Gasteiger partial charge in [0.15, 0.2) is 0 Å². The zero-order chi connectivity index (χ0) is 16.9. The van der Waals surface area contributed by atoms with Crippen molar-refractivity contribution in [3.05, 3.63) is 70.8 Å². The SMILES string of the molecule is O=C1N[C@@H]2c3ccccc3C=C[C@@H]2c2ccc(OC(F)(F)F)cc21. The Morgan fingerprint density at radius 2 is 1.83 bits per heavy atom. The van der Waals surface area contributed by atoms with Gasteiger partial charge < -0.3 is 10.1 Å². The van der Waals surface area contributed by atoms with Crippen molar-refractivity contribution in [3.63, 3.8) is 0 Å². The summed E-state index contributed by atoms with van der Waals surface area (Å²) in [6.45, 7) is 0. The molecule has 2 atom stereocenters. The summed E-state index contributed by atoms with van der Waals surface area (Å²) in [6, 6.07) is 11.4. The van der Waals surface area contributed by atoms with E-state index in [1.165, 1.54) is 12.1 Å². The molecule has 0 saturated heterocycles. The third-order valence-electron chi connectivity index (χ3n) is 4.32. The van der Waals surface area contributed by atoms with E-state index >= 15 is 0 Å². The Labute approximate surface area is 135 Å². The maximum Gasteiger partial charge on any atom is 0.573 e. The highest BCUT2D eigenvalue weighted by Crippen LogP contribution is 2.43. The number of carbonyl (C=O) groups excluding carboxylic acids is 1. The molecule has 0 fully saturated rings. The number of nitrogens with one attached hydrogen (secondary N) is 1. The van der Waals surface area contributed by atoms with Crippen LogP contribution in [0.1, 0.15) is 39.0 Å². The van der Waals surface area contributed by atoms with Crippen LogP contribution in [0, 0.1) is 0 Å². The average Bonchev–Trinajstić information content (AvgIpc) is 2.53. The van der Waals surface area contributed by atoms with Crippen LogP contribution in [-0.2, 0) is 0 Å². The van der Waals surface area contributed by atoms with Crippen molar-refractivity contribution in [2.45, 2.75) is 18.3 Å². The second-order valence-electron chi connectivity index (χ2n) is 5.76. The highest BCUT2D eigenvalue weighted by atomic mass is 19.4. The van der Waals surface area contributed by atoms with Crippen LogP contribution in [0.2, 0.25) is 0 Å². The Bertz CT molecular complexity index is 858. The van der Waals surface area contributed by atoms with Gasteiger partial charge in [-0.25, -0.2) is 0 Å². The molecule has 1 N–H and O–H groups in total. The van der Waals surface area contributed by atoms with Gasteiger partial charge in [-0.3, -0.25) is 4.79 Å². The highest BCUT2D eigenvalue weighted by molar-refractivity contribution is 5.98. The fourth-order valence-corrected chi connectivity index (χ4v) is 3.35. The number of alkyl halides is 3. The predicted octanol–water partition coefficient (Wildman–Crippen LogP) is 4.18. The van der Waals surface area contributed by atoms with Gasteiger partial charge in [0.1, 0.15) is 5.75 Å². The van der Waals surface area contributed by atoms with Gasteiger partial charge in [-0.15, -0.1) is 13.2 Å². The Balaban J connectivity index is 1.76. The summed E-state index contributed by atoms with van der Waals surface area (Å²) in [5.41, 5.74) is 2.94. The fourth-order valence-electron chi connectivity index (χ4n) is 3.35. The van der Waals surface area contributed by atoms with Gasteiger partial charge >= 0.3 is 6.36 Å². The van der Waals surface area contributed by atoms with Crippen LogP contribution in [0.5, 0.6) is 5.75 Å². The van der Waals surface area contributed by atoms with Crippen LogP contribution in [0.4, 0.5) is 13.2 Å². The van der Waals surface area contributed by atoms with E-state index in [4.69, 9.17) is 0 Å². The Morgan fingerprint density at radius 1 is 1.04 bits per heavy atom. The summed E-state index contributed by atoms with van der Waals surface area (Å²) in [5, 5.41) is 2.89. The number of ether oxygens (including phenoxy) is 1. The molecule has 0 unspecified atom stereocenters. The molecular weight excluding hydrogens is 319 g/mol. The molecule has 2 aromatic carbocycles. The normalized spacial score (nSPS) is 21.4. The summed E-state index contributed by atoms with van der Waals surface area (Å²) >= 11 is 0. The molecule has 1 aliphatic carbocycles. The van der Waals surface area contributed by atoms with Gasteiger partial charge in [0.2, 0.25) is 0 Å². The number of hydrogen-bond acceptors (Lipinski definition) is 2. The van der Waals surface area contributed by atoms with Crippen molar-refractivity contribution in [2.24, 2.45) is 0 Å². The lowest BCUT2D eigenvalue weighted by Gasteiger charge is -2.36. The predicted molar refractivity (Wildman–Crippen MR) is 81.5 cm³/mol. The number of carbonyl (C=O) groups is 1. The van der Waals surface area contributed by atoms with Crippen LogP contribution >= 0.6 is 0 Å². The van der Waals surface area contributed by atoms with Crippen molar-refractivity contribution in [2.75, 3.05) is 0 Å². The molecule has 0 saturated carbocycles. The summed E-state index contributed by atoms with van der Waals surface area (Å²) in [5.74, 6) is -0.911. The first-order valence-corrected chi connectivity index (χ1v) is 7.40. The topological polar surface area (TPSA) is 38.3 Å². The maximum atomic E-state index is 12.4. The number of hydrogen-bond donors (Lipinski definition) is 1. The molecule has 1 aliphatic heterocycles. The van der Waals surface area contributed by atoms with Gasteiger partial charge in [-0.2, -0.15) is 0 Å². The van der Waals surface area contributed by atoms with Gasteiger partial charge in [0, 0.05) is 11.5 Å². The zero-order valence-corrected chi connectivity index (χ0v) is 12.3. The lowest BCUT2D eigenvalue weighted by Crippen LogP contribution is -2.39. The molecule has 6 heteroatoms. The highest BCUT2D eigenvalue weighted by Gasteiger charge is 2.37. The van der Waals surface area contributed by atoms with Crippen LogP contribution in [0.15, 0.2) is 48.5 Å². The summed E-state index contributed by atoms with van der Waals surface area (Å²) in [6.07, 6.45) is -0.848. The molecule has 4 rings (SSSR count). The maximum absolute atomic E-state index is 12.4. The van der Waals surface area contributed by atoms with Crippen LogP contribution < -0.4 is 10.1 Å². The molecular formula is C18H12F3NO2. The van der Waals surface area contributed by atoms with Crippen molar-refractivity contribution in [1.82, 2.24) is 5.32 Å². The number of halogens is 3. The van der Waals surface area contributed by atoms with Gasteiger partial charge in [0.05, 0.1) is 6.04 Å². The molecule has 2 aliphatic rings. The molecule has 3 nitrogen and oxygen atoms in total. The molecule has 0 bridgehead atoms. The van der Waals surface area contributed by atoms with Crippen molar-refractivity contribution in [1.29, 1.82) is 0 Å². The van der Waals surface area contributed by atoms with Gasteiger partial charge in [0.25, 0.3) is 5.91 Å². The quantitative estimate of drug-likeness (QED) is 0.851. The Hall–Kier alpha value is -2.76. The second kappa shape index (κ2) is 5.12. The van der Waals surface area contributed by atoms with Crippen molar-refractivity contribution in [3.8, 4) is 5.75 Å². The van der Waals surface area contributed by atoms with E-state index in [1.54, 1.807) is 0 Å². The fraction of sp³-hybridized carbons (Fsp3) is 0.167. The number of fused-ring (bicyclic) bond motifs is 5. The van der Waals surface area contributed by atoms with Crippen molar-refractivity contribution < 1.29 is 22.7 Å². The number of amides is 1. The molecule has 122 valence electrons. The second-order valence-corrected chi connectivity index (χ2v) is 5.76. The van der Waals surface area contributed by atoms with Crippen LogP contribution in [0.3, 0.4) is 0 Å². The minimum absolute atomic E-state index is 0.118. The first-order chi connectivity index (χ1) is 11.4. The minimum Gasteiger partial charge on any atom is -0.406 e. The first-order valence-electron chi connectivity index (χ1n) is 7.40. The van der Waals surface area contributed by atoms with E-state index in [1.807, 2.05) is 36.4 Å². The van der Waals surface area contributed by atoms with E-state index < -0.39 is 18.0 Å². The minimum atomic E-state index is -4.79. The Kier molecular flexibility index (Phi) is 3.16. The monoisotopic (exact) mass is 331 g/mol. The number of benzene rings is 2. The van der Waals surface area contributed by atoms with Crippen LogP contribution in [0.25, 0.3) is 6.08 Å². The summed E-state index contributed by atoms with van der Waals surface area (Å²) in [7, 11) is 0. The average molecular weight is 331 g/mol. The standard InChI is InChI=1S/C18H12F3NO2/c19-18(20,21)24-11-6-8-13-14-7-5-10-3-1-2-4-12(10)16(14)22-17(23)15(13)9-11/h1-9,14,16H,(H,22,23)/t14-,16-/m1/s1. The molecule has 2 aromatic rings. The third-order valence-corrected chi connectivity index (χ3v) is 4.32.